The van der Waals surface area contributed by atoms with Gasteiger partial charge in [-0.3, -0.25) is 14.4 Å². The van der Waals surface area contributed by atoms with Crippen molar-refractivity contribution < 1.29 is 14.4 Å². The summed E-state index contributed by atoms with van der Waals surface area (Å²) in [6, 6.07) is 5.43. The molecule has 0 aromatic heterocycles. The van der Waals surface area contributed by atoms with Crippen LogP contribution in [0.2, 0.25) is 0 Å². The van der Waals surface area contributed by atoms with Crippen molar-refractivity contribution in [1.82, 2.24) is 10.6 Å². The number of rotatable bonds is 5. The number of fused-ring (bicyclic) bond motifs is 1. The molecular formula is C19H26N4O3. The Hall–Kier alpha value is -2.41. The molecule has 3 amide bonds. The average Bonchev–Trinajstić information content (AvgIpc) is 2.95. The highest BCUT2D eigenvalue weighted by Gasteiger charge is 2.25. The molecule has 140 valence electrons. The second kappa shape index (κ2) is 7.86. The summed E-state index contributed by atoms with van der Waals surface area (Å²) in [6.07, 6.45) is 4.02. The molecule has 0 spiro atoms. The first-order chi connectivity index (χ1) is 12.4. The molecule has 1 heterocycles. The SMILES string of the molecule is C[C@@H](N)CC(=O)NC1CCC(NC(=O)c2ccc3c(c2)CC(=O)N3)CC1. The highest BCUT2D eigenvalue weighted by Crippen LogP contribution is 2.24. The minimum Gasteiger partial charge on any atom is -0.353 e. The summed E-state index contributed by atoms with van der Waals surface area (Å²) in [5.41, 5.74) is 7.87. The van der Waals surface area contributed by atoms with Gasteiger partial charge in [0.05, 0.1) is 6.42 Å². The van der Waals surface area contributed by atoms with Crippen molar-refractivity contribution in [2.24, 2.45) is 5.73 Å². The Balaban J connectivity index is 1.47. The molecule has 2 aliphatic rings. The fourth-order valence-corrected chi connectivity index (χ4v) is 3.60. The van der Waals surface area contributed by atoms with Gasteiger partial charge < -0.3 is 21.7 Å². The average molecular weight is 358 g/mol. The van der Waals surface area contributed by atoms with Crippen LogP contribution in [0, 0.1) is 0 Å². The first kappa shape index (κ1) is 18.4. The van der Waals surface area contributed by atoms with Crippen LogP contribution in [-0.2, 0) is 16.0 Å². The van der Waals surface area contributed by atoms with Crippen molar-refractivity contribution in [3.63, 3.8) is 0 Å². The normalized spacial score (nSPS) is 22.9. The maximum atomic E-state index is 12.5. The lowest BCUT2D eigenvalue weighted by atomic mass is 9.90. The van der Waals surface area contributed by atoms with Gasteiger partial charge in [-0.15, -0.1) is 0 Å². The van der Waals surface area contributed by atoms with Crippen LogP contribution in [0.1, 0.15) is 54.9 Å². The molecule has 1 aromatic rings. The molecule has 1 saturated carbocycles. The molecule has 1 fully saturated rings. The summed E-state index contributed by atoms with van der Waals surface area (Å²) in [4.78, 5) is 35.7. The highest BCUT2D eigenvalue weighted by molar-refractivity contribution is 6.01. The Kier molecular flexibility index (Phi) is 5.56. The number of carbonyl (C=O) groups is 3. The number of nitrogens with two attached hydrogens (primary N) is 1. The van der Waals surface area contributed by atoms with Crippen LogP contribution < -0.4 is 21.7 Å². The standard InChI is InChI=1S/C19H26N4O3/c1-11(20)8-17(24)21-14-3-5-15(6-4-14)22-19(26)12-2-7-16-13(9-12)10-18(25)23-16/h2,7,9,11,14-15H,3-6,8,10,20H2,1H3,(H,21,24)(H,22,26)(H,23,25)/t11-,14?,15?/m1/s1. The Labute approximate surface area is 153 Å². The molecule has 0 bridgehead atoms. The summed E-state index contributed by atoms with van der Waals surface area (Å²) in [7, 11) is 0. The van der Waals surface area contributed by atoms with Crippen molar-refractivity contribution in [1.29, 1.82) is 0 Å². The van der Waals surface area contributed by atoms with Gasteiger partial charge in [0.1, 0.15) is 0 Å². The third-order valence-electron chi connectivity index (χ3n) is 4.93. The molecule has 7 nitrogen and oxygen atoms in total. The van der Waals surface area contributed by atoms with E-state index in [9.17, 15) is 14.4 Å². The summed E-state index contributed by atoms with van der Waals surface area (Å²) in [5.74, 6) is -0.160. The maximum absolute atomic E-state index is 12.5. The zero-order chi connectivity index (χ0) is 18.7. The minimum atomic E-state index is -0.136. The summed E-state index contributed by atoms with van der Waals surface area (Å²) >= 11 is 0. The Morgan fingerprint density at radius 1 is 1.19 bits per heavy atom. The zero-order valence-electron chi connectivity index (χ0n) is 15.0. The lowest BCUT2D eigenvalue weighted by molar-refractivity contribution is -0.122. The molecular weight excluding hydrogens is 332 g/mol. The second-order valence-corrected chi connectivity index (χ2v) is 7.37. The third-order valence-corrected chi connectivity index (χ3v) is 4.93. The maximum Gasteiger partial charge on any atom is 0.251 e. The first-order valence-electron chi connectivity index (χ1n) is 9.19. The number of nitrogens with one attached hydrogen (secondary N) is 3. The topological polar surface area (TPSA) is 113 Å². The van der Waals surface area contributed by atoms with Crippen LogP contribution in [0.4, 0.5) is 5.69 Å². The lowest BCUT2D eigenvalue weighted by Crippen LogP contribution is -2.44. The van der Waals surface area contributed by atoms with Crippen LogP contribution in [0.25, 0.3) is 0 Å². The minimum absolute atomic E-state index is 0.00576. The van der Waals surface area contributed by atoms with E-state index in [-0.39, 0.29) is 35.8 Å². The predicted molar refractivity (Wildman–Crippen MR) is 98.7 cm³/mol. The van der Waals surface area contributed by atoms with Crippen molar-refractivity contribution in [3.8, 4) is 0 Å². The molecule has 0 unspecified atom stereocenters. The molecule has 1 aliphatic carbocycles. The van der Waals surface area contributed by atoms with Crippen molar-refractivity contribution in [2.45, 2.75) is 63.6 Å². The summed E-state index contributed by atoms with van der Waals surface area (Å²) in [5, 5.41) is 8.85. The Morgan fingerprint density at radius 3 is 2.50 bits per heavy atom. The van der Waals surface area contributed by atoms with Crippen LogP contribution in [0.15, 0.2) is 18.2 Å². The fourth-order valence-electron chi connectivity index (χ4n) is 3.60. The van der Waals surface area contributed by atoms with Crippen molar-refractivity contribution >= 4 is 23.4 Å². The van der Waals surface area contributed by atoms with Crippen LogP contribution >= 0.6 is 0 Å². The summed E-state index contributed by atoms with van der Waals surface area (Å²) < 4.78 is 0. The van der Waals surface area contributed by atoms with Gasteiger partial charge in [0.2, 0.25) is 11.8 Å². The molecule has 5 N–H and O–H groups in total. The first-order valence-corrected chi connectivity index (χ1v) is 9.19. The molecule has 1 atom stereocenters. The van der Waals surface area contributed by atoms with Crippen molar-refractivity contribution in [3.05, 3.63) is 29.3 Å². The third kappa shape index (κ3) is 4.60. The molecule has 7 heteroatoms. The number of anilines is 1. The van der Waals surface area contributed by atoms with E-state index in [1.807, 2.05) is 6.92 Å². The monoisotopic (exact) mass is 358 g/mol. The number of amides is 3. The smallest absolute Gasteiger partial charge is 0.251 e. The molecule has 0 radical (unpaired) electrons. The number of benzene rings is 1. The zero-order valence-corrected chi connectivity index (χ0v) is 15.0. The Morgan fingerprint density at radius 2 is 1.85 bits per heavy atom. The van der Waals surface area contributed by atoms with Crippen LogP contribution in [0.5, 0.6) is 0 Å². The fraction of sp³-hybridized carbons (Fsp3) is 0.526. The van der Waals surface area contributed by atoms with E-state index in [2.05, 4.69) is 16.0 Å². The van der Waals surface area contributed by atoms with Gasteiger partial charge in [-0.05, 0) is 56.4 Å². The molecule has 3 rings (SSSR count). The van der Waals surface area contributed by atoms with E-state index in [1.54, 1.807) is 18.2 Å². The number of carbonyl (C=O) groups excluding carboxylic acids is 3. The van der Waals surface area contributed by atoms with E-state index < -0.39 is 0 Å². The lowest BCUT2D eigenvalue weighted by Gasteiger charge is -2.30. The van der Waals surface area contributed by atoms with E-state index in [0.29, 0.717) is 18.4 Å². The van der Waals surface area contributed by atoms with Gasteiger partial charge in [0.15, 0.2) is 0 Å². The van der Waals surface area contributed by atoms with E-state index in [4.69, 9.17) is 5.73 Å². The van der Waals surface area contributed by atoms with Crippen LogP contribution in [-0.4, -0.2) is 35.8 Å². The Bertz CT molecular complexity index is 709. The van der Waals surface area contributed by atoms with Gasteiger partial charge in [0.25, 0.3) is 5.91 Å². The van der Waals surface area contributed by atoms with Crippen molar-refractivity contribution in [2.75, 3.05) is 5.32 Å². The van der Waals surface area contributed by atoms with Gasteiger partial charge in [0, 0.05) is 35.8 Å². The summed E-state index contributed by atoms with van der Waals surface area (Å²) in [6.45, 7) is 1.82. The van der Waals surface area contributed by atoms with Gasteiger partial charge in [-0.2, -0.15) is 0 Å². The van der Waals surface area contributed by atoms with Gasteiger partial charge in [-0.1, -0.05) is 0 Å². The largest absolute Gasteiger partial charge is 0.353 e. The molecule has 0 saturated heterocycles. The number of hydrogen-bond acceptors (Lipinski definition) is 4. The quantitative estimate of drug-likeness (QED) is 0.630. The van der Waals surface area contributed by atoms with Gasteiger partial charge >= 0.3 is 0 Å². The number of hydrogen-bond donors (Lipinski definition) is 4. The predicted octanol–water partition coefficient (Wildman–Crippen LogP) is 1.08. The molecule has 1 aliphatic heterocycles. The van der Waals surface area contributed by atoms with E-state index in [1.165, 1.54) is 0 Å². The van der Waals surface area contributed by atoms with E-state index >= 15 is 0 Å². The van der Waals surface area contributed by atoms with Crippen LogP contribution in [0.3, 0.4) is 0 Å². The highest BCUT2D eigenvalue weighted by atomic mass is 16.2. The van der Waals surface area contributed by atoms with Gasteiger partial charge in [-0.25, -0.2) is 0 Å². The molecule has 1 aromatic carbocycles. The molecule has 26 heavy (non-hydrogen) atoms. The second-order valence-electron chi connectivity index (χ2n) is 7.37. The van der Waals surface area contributed by atoms with E-state index in [0.717, 1.165) is 36.9 Å².